The molecule has 0 fully saturated rings. The molecule has 0 saturated carbocycles. The number of benzene rings is 1. The maximum Gasteiger partial charge on any atom is 0.0441 e. The lowest BCUT2D eigenvalue weighted by atomic mass is 10.1. The zero-order chi connectivity index (χ0) is 11.8. The summed E-state index contributed by atoms with van der Waals surface area (Å²) in [7, 11) is 0. The first-order valence-electron chi connectivity index (χ1n) is 6.26. The average molecular weight is 240 g/mol. The minimum atomic E-state index is 0.918. The summed E-state index contributed by atoms with van der Waals surface area (Å²) in [5.41, 5.74) is 2.56. The lowest BCUT2D eigenvalue weighted by molar-refractivity contribution is 0.675. The van der Waals surface area contributed by atoms with Crippen LogP contribution < -0.4 is 5.32 Å². The van der Waals surface area contributed by atoms with Crippen LogP contribution in [0.15, 0.2) is 18.2 Å². The highest BCUT2D eigenvalue weighted by Gasteiger charge is 2.01. The molecule has 16 heavy (non-hydrogen) atoms. The molecule has 2 heteroatoms. The van der Waals surface area contributed by atoms with Gasteiger partial charge in [-0.25, -0.2) is 0 Å². The van der Waals surface area contributed by atoms with Crippen molar-refractivity contribution < 1.29 is 0 Å². The van der Waals surface area contributed by atoms with Crippen LogP contribution in [0.3, 0.4) is 0 Å². The Morgan fingerprint density at radius 2 is 2.00 bits per heavy atom. The average Bonchev–Trinajstić information content (AvgIpc) is 2.28. The lowest BCUT2D eigenvalue weighted by Crippen LogP contribution is -2.13. The van der Waals surface area contributed by atoms with Crippen LogP contribution in [-0.4, -0.2) is 6.54 Å². The van der Waals surface area contributed by atoms with Crippen molar-refractivity contribution in [3.63, 3.8) is 0 Å². The van der Waals surface area contributed by atoms with Crippen LogP contribution in [0, 0.1) is 0 Å². The molecule has 1 aromatic rings. The summed E-state index contributed by atoms with van der Waals surface area (Å²) in [4.78, 5) is 0. The summed E-state index contributed by atoms with van der Waals surface area (Å²) in [6.45, 7) is 6.36. The molecule has 0 saturated heterocycles. The van der Waals surface area contributed by atoms with Gasteiger partial charge < -0.3 is 5.32 Å². The third-order valence-corrected chi connectivity index (χ3v) is 3.02. The predicted octanol–water partition coefficient (Wildman–Crippen LogP) is 4.18. The summed E-state index contributed by atoms with van der Waals surface area (Å²) in [6, 6.07) is 6.44. The Kier molecular flexibility index (Phi) is 6.51. The highest BCUT2D eigenvalue weighted by atomic mass is 35.5. The van der Waals surface area contributed by atoms with Crippen LogP contribution in [0.5, 0.6) is 0 Å². The van der Waals surface area contributed by atoms with Crippen molar-refractivity contribution in [3.05, 3.63) is 34.3 Å². The van der Waals surface area contributed by atoms with E-state index in [1.54, 1.807) is 0 Å². The molecule has 0 aliphatic rings. The molecule has 0 amide bonds. The second kappa shape index (κ2) is 7.70. The van der Waals surface area contributed by atoms with Crippen LogP contribution in [0.4, 0.5) is 0 Å². The second-order valence-electron chi connectivity index (χ2n) is 4.21. The number of hydrogen-bond donors (Lipinski definition) is 1. The van der Waals surface area contributed by atoms with E-state index in [1.807, 2.05) is 0 Å². The molecule has 0 heterocycles. The number of halogens is 1. The zero-order valence-electron chi connectivity index (χ0n) is 10.4. The lowest BCUT2D eigenvalue weighted by Gasteiger charge is -2.07. The van der Waals surface area contributed by atoms with Crippen LogP contribution in [0.2, 0.25) is 5.02 Å². The van der Waals surface area contributed by atoms with Gasteiger partial charge in [0.2, 0.25) is 0 Å². The van der Waals surface area contributed by atoms with Gasteiger partial charge in [-0.1, -0.05) is 44.0 Å². The number of rotatable bonds is 7. The van der Waals surface area contributed by atoms with E-state index in [2.05, 4.69) is 37.4 Å². The Morgan fingerprint density at radius 1 is 1.19 bits per heavy atom. The molecule has 0 unspecified atom stereocenters. The molecule has 0 aliphatic heterocycles. The Bertz CT molecular complexity index is 310. The van der Waals surface area contributed by atoms with Gasteiger partial charge in [0.25, 0.3) is 0 Å². The zero-order valence-corrected chi connectivity index (χ0v) is 11.1. The maximum atomic E-state index is 6.25. The predicted molar refractivity (Wildman–Crippen MR) is 72.1 cm³/mol. The molecule has 0 spiro atoms. The summed E-state index contributed by atoms with van der Waals surface area (Å²) >= 11 is 6.25. The van der Waals surface area contributed by atoms with Crippen molar-refractivity contribution in [1.82, 2.24) is 5.32 Å². The summed E-state index contributed by atoms with van der Waals surface area (Å²) in [6.07, 6.45) is 4.70. The first-order valence-corrected chi connectivity index (χ1v) is 6.63. The van der Waals surface area contributed by atoms with Gasteiger partial charge in [-0.2, -0.15) is 0 Å². The Morgan fingerprint density at radius 3 is 2.62 bits per heavy atom. The molecule has 1 aromatic carbocycles. The van der Waals surface area contributed by atoms with E-state index in [9.17, 15) is 0 Å². The SMILES string of the molecule is CCCCc1ccc(CNCCC)cc1Cl. The van der Waals surface area contributed by atoms with Gasteiger partial charge in [0.05, 0.1) is 0 Å². The minimum absolute atomic E-state index is 0.918. The van der Waals surface area contributed by atoms with Gasteiger partial charge in [-0.15, -0.1) is 0 Å². The van der Waals surface area contributed by atoms with Gasteiger partial charge in [-0.3, -0.25) is 0 Å². The number of unbranched alkanes of at least 4 members (excludes halogenated alkanes) is 1. The van der Waals surface area contributed by atoms with E-state index in [1.165, 1.54) is 30.4 Å². The van der Waals surface area contributed by atoms with E-state index >= 15 is 0 Å². The van der Waals surface area contributed by atoms with Gasteiger partial charge in [0.1, 0.15) is 0 Å². The van der Waals surface area contributed by atoms with E-state index < -0.39 is 0 Å². The Balaban J connectivity index is 2.53. The monoisotopic (exact) mass is 239 g/mol. The topological polar surface area (TPSA) is 12.0 Å². The molecule has 0 bridgehead atoms. The van der Waals surface area contributed by atoms with Crippen LogP contribution in [-0.2, 0) is 13.0 Å². The first-order chi connectivity index (χ1) is 7.77. The number of aryl methyl sites for hydroxylation is 1. The van der Waals surface area contributed by atoms with E-state index in [0.717, 1.165) is 24.5 Å². The second-order valence-corrected chi connectivity index (χ2v) is 4.61. The smallest absolute Gasteiger partial charge is 0.0441 e. The Hall–Kier alpha value is -0.530. The van der Waals surface area contributed by atoms with E-state index in [-0.39, 0.29) is 0 Å². The molecule has 0 aliphatic carbocycles. The first kappa shape index (κ1) is 13.5. The largest absolute Gasteiger partial charge is 0.313 e. The summed E-state index contributed by atoms with van der Waals surface area (Å²) < 4.78 is 0. The van der Waals surface area contributed by atoms with Gasteiger partial charge in [0.15, 0.2) is 0 Å². The quantitative estimate of drug-likeness (QED) is 0.704. The van der Waals surface area contributed by atoms with Gasteiger partial charge in [-0.05, 0) is 43.0 Å². The maximum absolute atomic E-state index is 6.25. The molecule has 1 N–H and O–H groups in total. The van der Waals surface area contributed by atoms with Crippen molar-refractivity contribution >= 4 is 11.6 Å². The number of nitrogens with one attached hydrogen (secondary N) is 1. The van der Waals surface area contributed by atoms with E-state index in [0.29, 0.717) is 0 Å². The fourth-order valence-electron chi connectivity index (χ4n) is 1.68. The molecule has 1 nitrogen and oxygen atoms in total. The number of hydrogen-bond acceptors (Lipinski definition) is 1. The van der Waals surface area contributed by atoms with Crippen molar-refractivity contribution in [2.45, 2.75) is 46.1 Å². The molecule has 0 atom stereocenters. The molecular weight excluding hydrogens is 218 g/mol. The van der Waals surface area contributed by atoms with Crippen LogP contribution >= 0.6 is 11.6 Å². The summed E-state index contributed by atoms with van der Waals surface area (Å²) in [5.74, 6) is 0. The fourth-order valence-corrected chi connectivity index (χ4v) is 1.98. The van der Waals surface area contributed by atoms with Crippen LogP contribution in [0.25, 0.3) is 0 Å². The van der Waals surface area contributed by atoms with Gasteiger partial charge >= 0.3 is 0 Å². The minimum Gasteiger partial charge on any atom is -0.313 e. The molecular formula is C14H22ClN. The molecule has 90 valence electrons. The standard InChI is InChI=1S/C14H22ClN/c1-3-5-6-13-8-7-12(10-14(13)15)11-16-9-4-2/h7-8,10,16H,3-6,9,11H2,1-2H3. The van der Waals surface area contributed by atoms with Gasteiger partial charge in [0, 0.05) is 11.6 Å². The third-order valence-electron chi connectivity index (χ3n) is 2.67. The summed E-state index contributed by atoms with van der Waals surface area (Å²) in [5, 5.41) is 4.30. The molecule has 0 aromatic heterocycles. The third kappa shape index (κ3) is 4.54. The van der Waals surface area contributed by atoms with E-state index in [4.69, 9.17) is 11.6 Å². The van der Waals surface area contributed by atoms with Crippen molar-refractivity contribution in [2.24, 2.45) is 0 Å². The molecule has 1 rings (SSSR count). The fraction of sp³-hybridized carbons (Fsp3) is 0.571. The molecule has 0 radical (unpaired) electrons. The van der Waals surface area contributed by atoms with Crippen LogP contribution in [0.1, 0.15) is 44.2 Å². The Labute approximate surface area is 104 Å². The van der Waals surface area contributed by atoms with Crippen molar-refractivity contribution in [1.29, 1.82) is 0 Å². The highest BCUT2D eigenvalue weighted by molar-refractivity contribution is 6.31. The normalized spacial score (nSPS) is 10.7. The van der Waals surface area contributed by atoms with Crippen molar-refractivity contribution in [2.75, 3.05) is 6.54 Å². The van der Waals surface area contributed by atoms with Crippen molar-refractivity contribution in [3.8, 4) is 0 Å². The highest BCUT2D eigenvalue weighted by Crippen LogP contribution is 2.19.